The fourth-order valence-electron chi connectivity index (χ4n) is 1.73. The van der Waals surface area contributed by atoms with E-state index in [1.807, 2.05) is 0 Å². The number of nitrogens with two attached hydrogens (primary N) is 1. The number of nitrogen functional groups attached to an aromatic ring is 1. The second-order valence-electron chi connectivity index (χ2n) is 4.25. The van der Waals surface area contributed by atoms with Gasteiger partial charge in [0.1, 0.15) is 0 Å². The summed E-state index contributed by atoms with van der Waals surface area (Å²) < 4.78 is 0. The first-order valence-corrected chi connectivity index (χ1v) is 7.09. The summed E-state index contributed by atoms with van der Waals surface area (Å²) in [5.41, 5.74) is 8.01. The molecule has 0 aliphatic carbocycles. The highest BCUT2D eigenvalue weighted by Gasteiger charge is 2.10. The van der Waals surface area contributed by atoms with Crippen molar-refractivity contribution in [1.82, 2.24) is 5.32 Å². The Morgan fingerprint density at radius 1 is 1.00 bits per heavy atom. The van der Waals surface area contributed by atoms with Crippen LogP contribution in [0.1, 0.15) is 10.4 Å². The summed E-state index contributed by atoms with van der Waals surface area (Å²) in [6, 6.07) is 8.08. The van der Waals surface area contributed by atoms with E-state index >= 15 is 0 Å². The standard InChI is InChI=1S/C14H12Cl3N3O/c1-19-14(21)7-2-3-12(11(18)4-7)20-13-6-9(16)8(15)5-10(13)17/h2-6,20H,18H2,1H3,(H,19,21). The smallest absolute Gasteiger partial charge is 0.251 e. The molecular weight excluding hydrogens is 333 g/mol. The Balaban J connectivity index is 2.32. The monoisotopic (exact) mass is 343 g/mol. The number of rotatable bonds is 3. The second kappa shape index (κ2) is 6.43. The molecule has 0 radical (unpaired) electrons. The van der Waals surface area contributed by atoms with Gasteiger partial charge in [0.15, 0.2) is 0 Å². The van der Waals surface area contributed by atoms with Crippen LogP contribution in [0.4, 0.5) is 17.1 Å². The van der Waals surface area contributed by atoms with Gasteiger partial charge in [0.05, 0.1) is 32.1 Å². The number of nitrogens with one attached hydrogen (secondary N) is 2. The lowest BCUT2D eigenvalue weighted by Crippen LogP contribution is -2.17. The lowest BCUT2D eigenvalue weighted by Gasteiger charge is -2.13. The minimum absolute atomic E-state index is 0.208. The van der Waals surface area contributed by atoms with Gasteiger partial charge in [0.25, 0.3) is 5.91 Å². The summed E-state index contributed by atoms with van der Waals surface area (Å²) in [7, 11) is 1.56. The van der Waals surface area contributed by atoms with E-state index < -0.39 is 0 Å². The van der Waals surface area contributed by atoms with Gasteiger partial charge in [-0.2, -0.15) is 0 Å². The SMILES string of the molecule is CNC(=O)c1ccc(Nc2cc(Cl)c(Cl)cc2Cl)c(N)c1. The summed E-state index contributed by atoms with van der Waals surface area (Å²) in [6.45, 7) is 0. The Morgan fingerprint density at radius 2 is 1.67 bits per heavy atom. The van der Waals surface area contributed by atoms with Crippen LogP contribution in [0.3, 0.4) is 0 Å². The third kappa shape index (κ3) is 3.53. The van der Waals surface area contributed by atoms with Crippen LogP contribution >= 0.6 is 34.8 Å². The van der Waals surface area contributed by atoms with Crippen LogP contribution in [0.5, 0.6) is 0 Å². The molecule has 21 heavy (non-hydrogen) atoms. The molecule has 0 heterocycles. The summed E-state index contributed by atoms with van der Waals surface area (Å²) in [5.74, 6) is -0.208. The number of carbonyl (C=O) groups is 1. The van der Waals surface area contributed by atoms with Gasteiger partial charge in [-0.3, -0.25) is 4.79 Å². The van der Waals surface area contributed by atoms with Crippen LogP contribution in [0.2, 0.25) is 15.1 Å². The van der Waals surface area contributed by atoms with Crippen LogP contribution in [-0.2, 0) is 0 Å². The molecule has 0 atom stereocenters. The Bertz CT molecular complexity index is 704. The molecule has 0 aliphatic rings. The number of hydrogen-bond donors (Lipinski definition) is 3. The van der Waals surface area contributed by atoms with Crippen LogP contribution < -0.4 is 16.4 Å². The topological polar surface area (TPSA) is 67.2 Å². The lowest BCUT2D eigenvalue weighted by atomic mass is 10.1. The van der Waals surface area contributed by atoms with E-state index in [2.05, 4.69) is 10.6 Å². The third-order valence-electron chi connectivity index (χ3n) is 2.82. The Hall–Kier alpha value is -1.62. The third-order valence-corrected chi connectivity index (χ3v) is 3.85. The molecule has 0 aliphatic heterocycles. The zero-order valence-electron chi connectivity index (χ0n) is 11.0. The fraction of sp³-hybridized carbons (Fsp3) is 0.0714. The maximum absolute atomic E-state index is 11.5. The molecule has 1 amide bonds. The van der Waals surface area contributed by atoms with Crippen molar-refractivity contribution in [1.29, 1.82) is 0 Å². The molecule has 0 unspecified atom stereocenters. The predicted octanol–water partition coefficient (Wildman–Crippen LogP) is 4.33. The van der Waals surface area contributed by atoms with Gasteiger partial charge in [0.2, 0.25) is 0 Å². The lowest BCUT2D eigenvalue weighted by molar-refractivity contribution is 0.0963. The van der Waals surface area contributed by atoms with Gasteiger partial charge in [-0.1, -0.05) is 34.8 Å². The largest absolute Gasteiger partial charge is 0.397 e. The van der Waals surface area contributed by atoms with Gasteiger partial charge in [-0.25, -0.2) is 0 Å². The molecule has 0 saturated carbocycles. The summed E-state index contributed by atoms with van der Waals surface area (Å²) in [6.07, 6.45) is 0. The molecule has 2 aromatic carbocycles. The van der Waals surface area contributed by atoms with Crippen molar-refractivity contribution in [2.75, 3.05) is 18.1 Å². The number of carbonyl (C=O) groups excluding carboxylic acids is 1. The van der Waals surface area contributed by atoms with Crippen molar-refractivity contribution >= 4 is 57.8 Å². The van der Waals surface area contributed by atoms with Gasteiger partial charge in [0, 0.05) is 12.6 Å². The number of hydrogen-bond acceptors (Lipinski definition) is 3. The van der Waals surface area contributed by atoms with E-state index in [1.54, 1.807) is 37.4 Å². The summed E-state index contributed by atoms with van der Waals surface area (Å²) >= 11 is 17.9. The van der Waals surface area contributed by atoms with Crippen LogP contribution in [-0.4, -0.2) is 13.0 Å². The molecule has 0 fully saturated rings. The normalized spacial score (nSPS) is 10.3. The van der Waals surface area contributed by atoms with Gasteiger partial charge in [-0.15, -0.1) is 0 Å². The molecule has 0 spiro atoms. The van der Waals surface area contributed by atoms with E-state index in [1.165, 1.54) is 0 Å². The van der Waals surface area contributed by atoms with Crippen LogP contribution in [0.15, 0.2) is 30.3 Å². The molecule has 2 aromatic rings. The first-order valence-electron chi connectivity index (χ1n) is 5.95. The average molecular weight is 345 g/mol. The van der Waals surface area contributed by atoms with E-state index in [4.69, 9.17) is 40.5 Å². The Morgan fingerprint density at radius 3 is 2.29 bits per heavy atom. The van der Waals surface area contributed by atoms with Crippen molar-refractivity contribution in [2.45, 2.75) is 0 Å². The maximum atomic E-state index is 11.5. The molecule has 2 rings (SSSR count). The second-order valence-corrected chi connectivity index (χ2v) is 5.47. The zero-order chi connectivity index (χ0) is 15.6. The molecule has 0 aromatic heterocycles. The highest BCUT2D eigenvalue weighted by molar-refractivity contribution is 6.44. The number of benzene rings is 2. The summed E-state index contributed by atoms with van der Waals surface area (Å²) in [5, 5.41) is 6.76. The Kier molecular flexibility index (Phi) is 4.83. The highest BCUT2D eigenvalue weighted by Crippen LogP contribution is 2.35. The fourth-order valence-corrected chi connectivity index (χ4v) is 2.32. The molecule has 0 bridgehead atoms. The van der Waals surface area contributed by atoms with Gasteiger partial charge in [-0.05, 0) is 30.3 Å². The molecule has 7 heteroatoms. The summed E-state index contributed by atoms with van der Waals surface area (Å²) in [4.78, 5) is 11.5. The quantitative estimate of drug-likeness (QED) is 0.573. The van der Waals surface area contributed by atoms with Crippen LogP contribution in [0.25, 0.3) is 0 Å². The van der Waals surface area contributed by atoms with Crippen molar-refractivity contribution in [3.8, 4) is 0 Å². The minimum Gasteiger partial charge on any atom is -0.397 e. The number of amides is 1. The first kappa shape index (κ1) is 15.8. The molecule has 4 N–H and O–H groups in total. The van der Waals surface area contributed by atoms with Gasteiger partial charge < -0.3 is 16.4 Å². The van der Waals surface area contributed by atoms with Gasteiger partial charge >= 0.3 is 0 Å². The molecule has 110 valence electrons. The Labute approximate surface area is 137 Å². The van der Waals surface area contributed by atoms with Crippen molar-refractivity contribution in [3.05, 3.63) is 51.0 Å². The van der Waals surface area contributed by atoms with E-state index in [-0.39, 0.29) is 5.91 Å². The van der Waals surface area contributed by atoms with E-state index in [0.717, 1.165) is 0 Å². The average Bonchev–Trinajstić information content (AvgIpc) is 2.45. The number of anilines is 3. The van der Waals surface area contributed by atoms with Crippen molar-refractivity contribution in [2.24, 2.45) is 0 Å². The highest BCUT2D eigenvalue weighted by atomic mass is 35.5. The zero-order valence-corrected chi connectivity index (χ0v) is 13.3. The number of halogens is 3. The van der Waals surface area contributed by atoms with E-state index in [0.29, 0.717) is 37.7 Å². The minimum atomic E-state index is -0.208. The van der Waals surface area contributed by atoms with Crippen molar-refractivity contribution in [3.63, 3.8) is 0 Å². The predicted molar refractivity (Wildman–Crippen MR) is 89.0 cm³/mol. The molecule has 4 nitrogen and oxygen atoms in total. The molecular formula is C14H12Cl3N3O. The molecule has 0 saturated heterocycles. The van der Waals surface area contributed by atoms with Crippen LogP contribution in [0, 0.1) is 0 Å². The van der Waals surface area contributed by atoms with Crippen molar-refractivity contribution < 1.29 is 4.79 Å². The first-order chi connectivity index (χ1) is 9.92. The maximum Gasteiger partial charge on any atom is 0.251 e. The van der Waals surface area contributed by atoms with E-state index in [9.17, 15) is 4.79 Å².